The van der Waals surface area contributed by atoms with E-state index >= 15 is 0 Å². The summed E-state index contributed by atoms with van der Waals surface area (Å²) in [4.78, 5) is 24.9. The highest BCUT2D eigenvalue weighted by Crippen LogP contribution is 2.52. The van der Waals surface area contributed by atoms with Crippen molar-refractivity contribution in [2.75, 3.05) is 28.6 Å². The van der Waals surface area contributed by atoms with Gasteiger partial charge in [-0.05, 0) is 36.4 Å². The van der Waals surface area contributed by atoms with Crippen LogP contribution in [0.25, 0.3) is 0 Å². The number of nitrogens with zero attached hydrogens (tertiary/aromatic N) is 2. The van der Waals surface area contributed by atoms with Gasteiger partial charge in [0.15, 0.2) is 5.72 Å². The number of para-hydroxylation sites is 2. The third-order valence-corrected chi connectivity index (χ3v) is 6.92. The summed E-state index contributed by atoms with van der Waals surface area (Å²) in [5.74, 6) is -1.66. The summed E-state index contributed by atoms with van der Waals surface area (Å²) in [5, 5.41) is 19.5. The first-order chi connectivity index (χ1) is 18.1. The number of rotatable bonds is 7. The van der Waals surface area contributed by atoms with Crippen LogP contribution < -0.4 is 26.9 Å². The number of nitrogens with two attached hydrogens (primary N) is 1. The summed E-state index contributed by atoms with van der Waals surface area (Å²) in [6.45, 7) is 0. The number of benzene rings is 3. The van der Waals surface area contributed by atoms with Crippen molar-refractivity contribution >= 4 is 46.7 Å². The summed E-state index contributed by atoms with van der Waals surface area (Å²) in [5.41, 5.74) is 7.13. The topological polar surface area (TPSA) is 123 Å². The van der Waals surface area contributed by atoms with Gasteiger partial charge in [-0.25, -0.2) is 18.3 Å². The van der Waals surface area contributed by atoms with Crippen LogP contribution in [0.1, 0.15) is 39.5 Å². The van der Waals surface area contributed by atoms with E-state index in [1.165, 1.54) is 29.3 Å². The fraction of sp³-hybridized carbons (Fsp3) is 0.200. The molecule has 5 rings (SSSR count). The van der Waals surface area contributed by atoms with E-state index in [0.717, 1.165) is 12.1 Å². The number of hydrogen-bond acceptors (Lipinski definition) is 7. The molecule has 2 unspecified atom stereocenters. The van der Waals surface area contributed by atoms with Gasteiger partial charge in [-0.2, -0.15) is 5.01 Å². The molecule has 0 fully saturated rings. The van der Waals surface area contributed by atoms with Gasteiger partial charge in [-0.3, -0.25) is 15.0 Å². The second kappa shape index (κ2) is 9.39. The predicted octanol–water partition coefficient (Wildman–Crippen LogP) is 3.96. The molecule has 13 heteroatoms. The molecule has 2 atom stereocenters. The maximum atomic E-state index is 14.9. The number of anilines is 4. The standard InChI is InChI=1S/C25H22ClF3N6O3/c1-34-18(10-20(28)29)21-19(35(34)33-17-5-3-2-4-16(17)30)9-13-22(23(21)31-11-36)25(38,32-24(13)37)14-8-12(26)6-7-15(14)27/h2-9,11,18,20,33,38H,10,30H2,1H3,(H,31,36)(H,32,37). The molecule has 38 heavy (non-hydrogen) atoms. The average Bonchev–Trinajstić information content (AvgIpc) is 3.27. The van der Waals surface area contributed by atoms with Crippen molar-refractivity contribution in [1.82, 2.24) is 10.3 Å². The molecule has 2 aliphatic heterocycles. The Morgan fingerprint density at radius 3 is 2.68 bits per heavy atom. The van der Waals surface area contributed by atoms with Gasteiger partial charge in [0.05, 0.1) is 34.4 Å². The predicted molar refractivity (Wildman–Crippen MR) is 136 cm³/mol. The molecular weight excluding hydrogens is 525 g/mol. The van der Waals surface area contributed by atoms with Crippen LogP contribution in [0.5, 0.6) is 0 Å². The molecule has 0 spiro atoms. The lowest BCUT2D eigenvalue weighted by molar-refractivity contribution is -0.105. The van der Waals surface area contributed by atoms with E-state index in [4.69, 9.17) is 17.3 Å². The quantitative estimate of drug-likeness (QED) is 0.224. The second-order valence-corrected chi connectivity index (χ2v) is 9.32. The summed E-state index contributed by atoms with van der Waals surface area (Å²) >= 11 is 6.05. The number of hydrogen-bond donors (Lipinski definition) is 5. The number of aliphatic hydroxyl groups is 1. The Bertz CT molecular complexity index is 1460. The lowest BCUT2D eigenvalue weighted by Gasteiger charge is -2.31. The molecule has 2 amide bonds. The monoisotopic (exact) mass is 546 g/mol. The van der Waals surface area contributed by atoms with Gasteiger partial charge < -0.3 is 21.5 Å². The van der Waals surface area contributed by atoms with Crippen LogP contribution in [-0.4, -0.2) is 35.9 Å². The summed E-state index contributed by atoms with van der Waals surface area (Å²) in [6, 6.07) is 10.5. The zero-order chi connectivity index (χ0) is 27.4. The lowest BCUT2D eigenvalue weighted by Crippen LogP contribution is -2.42. The zero-order valence-corrected chi connectivity index (χ0v) is 20.6. The van der Waals surface area contributed by atoms with Crippen molar-refractivity contribution < 1.29 is 27.9 Å². The van der Waals surface area contributed by atoms with Crippen LogP contribution in [0.15, 0.2) is 48.5 Å². The summed E-state index contributed by atoms with van der Waals surface area (Å²) in [6.07, 6.45) is -3.12. The first kappa shape index (κ1) is 25.6. The third-order valence-electron chi connectivity index (χ3n) is 6.68. The zero-order valence-electron chi connectivity index (χ0n) is 19.8. The fourth-order valence-electron chi connectivity index (χ4n) is 5.02. The van der Waals surface area contributed by atoms with E-state index in [0.29, 0.717) is 11.4 Å². The van der Waals surface area contributed by atoms with Crippen molar-refractivity contribution in [3.05, 3.63) is 81.6 Å². The largest absolute Gasteiger partial charge is 0.397 e. The van der Waals surface area contributed by atoms with E-state index in [1.54, 1.807) is 24.3 Å². The van der Waals surface area contributed by atoms with Crippen molar-refractivity contribution in [2.24, 2.45) is 0 Å². The van der Waals surface area contributed by atoms with Crippen molar-refractivity contribution in [3.63, 3.8) is 0 Å². The number of carbonyl (C=O) groups is 2. The van der Waals surface area contributed by atoms with Crippen LogP contribution >= 0.6 is 11.6 Å². The third kappa shape index (κ3) is 3.97. The van der Waals surface area contributed by atoms with Gasteiger partial charge >= 0.3 is 0 Å². The Hall–Kier alpha value is -4.00. The van der Waals surface area contributed by atoms with Crippen LogP contribution in [0.3, 0.4) is 0 Å². The Morgan fingerprint density at radius 2 is 2.00 bits per heavy atom. The van der Waals surface area contributed by atoms with Gasteiger partial charge in [0, 0.05) is 35.2 Å². The van der Waals surface area contributed by atoms with E-state index in [-0.39, 0.29) is 45.1 Å². The van der Waals surface area contributed by atoms with Gasteiger partial charge in [0.1, 0.15) is 5.82 Å². The van der Waals surface area contributed by atoms with E-state index in [9.17, 15) is 27.9 Å². The fourth-order valence-corrected chi connectivity index (χ4v) is 5.19. The Labute approximate surface area is 219 Å². The minimum Gasteiger partial charge on any atom is -0.397 e. The lowest BCUT2D eigenvalue weighted by atomic mass is 9.87. The Balaban J connectivity index is 1.77. The highest BCUT2D eigenvalue weighted by Gasteiger charge is 2.50. The Morgan fingerprint density at radius 1 is 1.26 bits per heavy atom. The molecule has 2 aliphatic rings. The van der Waals surface area contributed by atoms with Crippen LogP contribution in [0.2, 0.25) is 5.02 Å². The van der Waals surface area contributed by atoms with E-state index < -0.39 is 36.3 Å². The molecule has 0 bridgehead atoms. The molecule has 0 saturated carbocycles. The highest BCUT2D eigenvalue weighted by molar-refractivity contribution is 6.30. The molecule has 0 aromatic heterocycles. The number of amides is 2. The van der Waals surface area contributed by atoms with E-state index in [2.05, 4.69) is 16.1 Å². The van der Waals surface area contributed by atoms with Crippen LogP contribution in [-0.2, 0) is 10.5 Å². The molecule has 9 nitrogen and oxygen atoms in total. The number of nitrogens with one attached hydrogen (secondary N) is 3. The SMILES string of the molecule is CN1C(CC(F)F)c2c(cc3c(c2NC=O)C(O)(c2cc(Cl)ccc2F)NC3=O)N1Nc1ccccc1N. The average molecular weight is 547 g/mol. The summed E-state index contributed by atoms with van der Waals surface area (Å²) in [7, 11) is 1.54. The number of carbonyl (C=O) groups excluding carboxylic acids is 2. The van der Waals surface area contributed by atoms with Gasteiger partial charge in [-0.1, -0.05) is 23.7 Å². The first-order valence-corrected chi connectivity index (χ1v) is 11.8. The number of fused-ring (bicyclic) bond motifs is 2. The molecule has 198 valence electrons. The Kier molecular flexibility index (Phi) is 6.33. The normalized spacial score (nSPS) is 20.3. The summed E-state index contributed by atoms with van der Waals surface area (Å²) < 4.78 is 42.5. The smallest absolute Gasteiger partial charge is 0.254 e. The van der Waals surface area contributed by atoms with Crippen LogP contribution in [0.4, 0.5) is 35.9 Å². The van der Waals surface area contributed by atoms with Gasteiger partial charge in [0.25, 0.3) is 5.91 Å². The van der Waals surface area contributed by atoms with Crippen molar-refractivity contribution in [2.45, 2.75) is 24.6 Å². The molecule has 0 aliphatic carbocycles. The van der Waals surface area contributed by atoms with Gasteiger partial charge in [0.2, 0.25) is 12.8 Å². The number of hydrazine groups is 2. The molecule has 2 heterocycles. The van der Waals surface area contributed by atoms with Gasteiger partial charge in [-0.15, -0.1) is 0 Å². The molecular formula is C25H22ClF3N6O3. The van der Waals surface area contributed by atoms with Crippen molar-refractivity contribution in [3.8, 4) is 0 Å². The maximum absolute atomic E-state index is 14.9. The molecule has 3 aromatic carbocycles. The second-order valence-electron chi connectivity index (χ2n) is 8.88. The maximum Gasteiger partial charge on any atom is 0.254 e. The number of halogens is 4. The van der Waals surface area contributed by atoms with Crippen molar-refractivity contribution in [1.29, 1.82) is 0 Å². The molecule has 3 aromatic rings. The molecule has 0 saturated heterocycles. The number of nitrogen functional groups attached to an aromatic ring is 1. The van der Waals surface area contributed by atoms with Crippen LogP contribution in [0, 0.1) is 5.82 Å². The highest BCUT2D eigenvalue weighted by atomic mass is 35.5. The number of alkyl halides is 2. The minimum absolute atomic E-state index is 0.0784. The molecule has 6 N–H and O–H groups in total. The molecule has 0 radical (unpaired) electrons. The van der Waals surface area contributed by atoms with E-state index in [1.807, 2.05) is 0 Å². The minimum atomic E-state index is -2.75. The first-order valence-electron chi connectivity index (χ1n) is 11.4.